The summed E-state index contributed by atoms with van der Waals surface area (Å²) in [6, 6.07) is 14.7. The molecular weight excluding hydrogens is 361 g/mol. The third-order valence-corrected chi connectivity index (χ3v) is 5.43. The minimum Gasteiger partial charge on any atom is -0.369 e. The Hall–Kier alpha value is -2.38. The fourth-order valence-electron chi connectivity index (χ4n) is 2.96. The van der Waals surface area contributed by atoms with Crippen LogP contribution in [0.3, 0.4) is 0 Å². The van der Waals surface area contributed by atoms with Gasteiger partial charge in [0, 0.05) is 28.7 Å². The number of hydrogen-bond donors (Lipinski definition) is 2. The molecule has 0 aromatic heterocycles. The zero-order valence-electron chi connectivity index (χ0n) is 15.5. The molecule has 0 radical (unpaired) electrons. The predicted octanol–water partition coefficient (Wildman–Crippen LogP) is 2.92. The Kier molecular flexibility index (Phi) is 6.47. The van der Waals surface area contributed by atoms with Gasteiger partial charge in [0.1, 0.15) is 5.82 Å². The van der Waals surface area contributed by atoms with E-state index in [1.54, 1.807) is 17.8 Å². The van der Waals surface area contributed by atoms with Gasteiger partial charge in [0.15, 0.2) is 0 Å². The van der Waals surface area contributed by atoms with Crippen LogP contribution in [-0.4, -0.2) is 43.0 Å². The summed E-state index contributed by atoms with van der Waals surface area (Å²) in [7, 11) is 4.04. The van der Waals surface area contributed by atoms with Gasteiger partial charge in [-0.05, 0) is 37.9 Å². The van der Waals surface area contributed by atoms with Crippen LogP contribution < -0.4 is 11.2 Å². The summed E-state index contributed by atoms with van der Waals surface area (Å²) in [5.41, 5.74) is 11.5. The number of fused-ring (bicyclic) bond motifs is 1. The Morgan fingerprint density at radius 1 is 1.26 bits per heavy atom. The highest BCUT2D eigenvalue weighted by Gasteiger charge is 2.27. The molecular formula is C20H24FN5S. The lowest BCUT2D eigenvalue weighted by molar-refractivity contribution is 0.382. The lowest BCUT2D eigenvalue weighted by Gasteiger charge is -2.28. The van der Waals surface area contributed by atoms with Gasteiger partial charge in [-0.3, -0.25) is 0 Å². The van der Waals surface area contributed by atoms with E-state index in [4.69, 9.17) is 5.73 Å². The molecule has 7 heteroatoms. The van der Waals surface area contributed by atoms with Crippen molar-refractivity contribution in [2.45, 2.75) is 11.4 Å². The average molecular weight is 386 g/mol. The van der Waals surface area contributed by atoms with Gasteiger partial charge in [-0.1, -0.05) is 30.3 Å². The Morgan fingerprint density at radius 2 is 2.04 bits per heavy atom. The van der Waals surface area contributed by atoms with E-state index in [9.17, 15) is 4.39 Å². The summed E-state index contributed by atoms with van der Waals surface area (Å²) in [4.78, 5) is 7.47. The first-order valence-corrected chi connectivity index (χ1v) is 9.76. The first-order chi connectivity index (χ1) is 13.0. The molecule has 0 amide bonds. The number of guanidine groups is 1. The van der Waals surface area contributed by atoms with Gasteiger partial charge in [-0.2, -0.15) is 5.10 Å². The molecule has 142 valence electrons. The van der Waals surface area contributed by atoms with Gasteiger partial charge in [0.05, 0.1) is 12.3 Å². The van der Waals surface area contributed by atoms with Crippen molar-refractivity contribution >= 4 is 23.4 Å². The van der Waals surface area contributed by atoms with Crippen molar-refractivity contribution in [1.29, 1.82) is 0 Å². The van der Waals surface area contributed by atoms with Crippen molar-refractivity contribution in [3.63, 3.8) is 0 Å². The van der Waals surface area contributed by atoms with Gasteiger partial charge in [0.2, 0.25) is 5.96 Å². The molecule has 0 saturated carbocycles. The number of halogens is 1. The van der Waals surface area contributed by atoms with E-state index in [1.807, 2.05) is 50.5 Å². The van der Waals surface area contributed by atoms with Crippen LogP contribution in [0.4, 0.5) is 4.39 Å². The second-order valence-electron chi connectivity index (χ2n) is 6.71. The zero-order chi connectivity index (χ0) is 19.2. The van der Waals surface area contributed by atoms with Gasteiger partial charge >= 0.3 is 0 Å². The number of aliphatic imine (C=N–C) groups is 1. The monoisotopic (exact) mass is 385 g/mol. The summed E-state index contributed by atoms with van der Waals surface area (Å²) < 4.78 is 13.8. The summed E-state index contributed by atoms with van der Waals surface area (Å²) in [6.07, 6.45) is 0. The quantitative estimate of drug-likeness (QED) is 0.472. The number of nitrogens with two attached hydrogens (primary N) is 1. The minimum absolute atomic E-state index is 0.175. The molecule has 0 saturated heterocycles. The number of nitrogens with zero attached hydrogens (tertiary/aromatic N) is 3. The maximum absolute atomic E-state index is 13.8. The van der Waals surface area contributed by atoms with Crippen LogP contribution in [0.1, 0.15) is 11.1 Å². The number of rotatable bonds is 5. The molecule has 2 aromatic rings. The lowest BCUT2D eigenvalue weighted by Crippen LogP contribution is -2.36. The largest absolute Gasteiger partial charge is 0.369 e. The van der Waals surface area contributed by atoms with E-state index in [1.165, 1.54) is 6.07 Å². The average Bonchev–Trinajstić information content (AvgIpc) is 2.65. The molecule has 1 atom stereocenters. The zero-order valence-corrected chi connectivity index (χ0v) is 16.3. The molecule has 5 nitrogen and oxygen atoms in total. The van der Waals surface area contributed by atoms with Gasteiger partial charge < -0.3 is 10.6 Å². The van der Waals surface area contributed by atoms with Crippen LogP contribution in [-0.2, 0) is 6.54 Å². The van der Waals surface area contributed by atoms with Crippen molar-refractivity contribution in [3.8, 4) is 0 Å². The number of benzene rings is 2. The van der Waals surface area contributed by atoms with E-state index in [2.05, 4.69) is 20.4 Å². The molecule has 0 bridgehead atoms. The third-order valence-electron chi connectivity index (χ3n) is 4.20. The smallest absolute Gasteiger partial charge is 0.209 e. The maximum atomic E-state index is 13.8. The number of hydrazone groups is 1. The molecule has 27 heavy (non-hydrogen) atoms. The van der Waals surface area contributed by atoms with Crippen molar-refractivity contribution in [2.24, 2.45) is 21.7 Å². The Balaban J connectivity index is 1.80. The van der Waals surface area contributed by atoms with Crippen molar-refractivity contribution in [3.05, 3.63) is 65.5 Å². The first kappa shape index (κ1) is 19.4. The van der Waals surface area contributed by atoms with Crippen LogP contribution in [0, 0.1) is 11.7 Å². The Bertz CT molecular complexity index is 836. The van der Waals surface area contributed by atoms with Crippen LogP contribution in [0.5, 0.6) is 0 Å². The van der Waals surface area contributed by atoms with Crippen LogP contribution in [0.2, 0.25) is 0 Å². The summed E-state index contributed by atoms with van der Waals surface area (Å²) in [5.74, 6) is 1.04. The minimum atomic E-state index is -0.265. The molecule has 1 aliphatic heterocycles. The molecule has 1 unspecified atom stereocenters. The number of nitrogens with one attached hydrogen (secondary N) is 1. The van der Waals surface area contributed by atoms with E-state index in [0.29, 0.717) is 6.54 Å². The second-order valence-corrected chi connectivity index (χ2v) is 7.77. The highest BCUT2D eigenvalue weighted by Crippen LogP contribution is 2.34. The summed E-state index contributed by atoms with van der Waals surface area (Å²) in [5, 5.41) is 4.52. The highest BCUT2D eigenvalue weighted by molar-refractivity contribution is 7.99. The van der Waals surface area contributed by atoms with Crippen LogP contribution >= 0.6 is 11.8 Å². The number of hydrogen-bond acceptors (Lipinski definition) is 4. The van der Waals surface area contributed by atoms with Crippen molar-refractivity contribution in [2.75, 3.05) is 26.4 Å². The maximum Gasteiger partial charge on any atom is 0.209 e. The molecule has 2 aromatic carbocycles. The third kappa shape index (κ3) is 5.30. The van der Waals surface area contributed by atoms with Gasteiger partial charge in [0.25, 0.3) is 0 Å². The molecule has 0 aliphatic carbocycles. The highest BCUT2D eigenvalue weighted by atomic mass is 32.2. The molecule has 3 N–H and O–H groups in total. The normalized spacial score (nSPS) is 18.6. The topological polar surface area (TPSA) is 66.0 Å². The fraction of sp³-hybridized carbons (Fsp3) is 0.300. The molecule has 0 spiro atoms. The van der Waals surface area contributed by atoms with Crippen LogP contribution in [0.25, 0.3) is 0 Å². The van der Waals surface area contributed by atoms with E-state index < -0.39 is 0 Å². The van der Waals surface area contributed by atoms with Gasteiger partial charge in [-0.25, -0.2) is 14.8 Å². The standard InChI is InChI=1S/C20H24FN5S/c1-26(2)12-15-13-27-18-9-8-16(21)10-17(18)19(15)24-25-20(22)23-11-14-6-4-3-5-7-14/h3-10,15H,11-13H2,1-2H3,(H3,22,23,25)/b24-19+. The van der Waals surface area contributed by atoms with Crippen LogP contribution in [0.15, 0.2) is 63.5 Å². The first-order valence-electron chi connectivity index (χ1n) is 8.78. The molecule has 3 rings (SSSR count). The predicted molar refractivity (Wildman–Crippen MR) is 111 cm³/mol. The van der Waals surface area contributed by atoms with Crippen molar-refractivity contribution in [1.82, 2.24) is 10.3 Å². The molecule has 1 heterocycles. The SMILES string of the molecule is CN(C)CC1CSc2ccc(F)cc2/C1=N/NC(N)=NCc1ccccc1. The summed E-state index contributed by atoms with van der Waals surface area (Å²) >= 11 is 1.73. The van der Waals surface area contributed by atoms with Crippen molar-refractivity contribution < 1.29 is 4.39 Å². The number of thioether (sulfide) groups is 1. The Morgan fingerprint density at radius 3 is 2.78 bits per heavy atom. The Labute approximate surface area is 163 Å². The van der Waals surface area contributed by atoms with E-state index in [0.717, 1.165) is 34.0 Å². The van der Waals surface area contributed by atoms with E-state index >= 15 is 0 Å². The molecule has 1 aliphatic rings. The summed E-state index contributed by atoms with van der Waals surface area (Å²) in [6.45, 7) is 1.30. The lowest BCUT2D eigenvalue weighted by atomic mass is 9.97. The fourth-order valence-corrected chi connectivity index (χ4v) is 4.09. The van der Waals surface area contributed by atoms with E-state index in [-0.39, 0.29) is 17.7 Å². The second kappa shape index (κ2) is 9.01. The molecule has 0 fully saturated rings. The van der Waals surface area contributed by atoms with Gasteiger partial charge in [-0.15, -0.1) is 11.8 Å².